The van der Waals surface area contributed by atoms with E-state index in [0.29, 0.717) is 0 Å². The first-order valence-electron chi connectivity index (χ1n) is 5.48. The van der Waals surface area contributed by atoms with Crippen LogP contribution in [-0.4, -0.2) is 26.4 Å². The summed E-state index contributed by atoms with van der Waals surface area (Å²) in [6.45, 7) is 3.90. The van der Waals surface area contributed by atoms with Crippen LogP contribution in [-0.2, 0) is 13.1 Å². The summed E-state index contributed by atoms with van der Waals surface area (Å²) < 4.78 is 4.08. The second-order valence-electron chi connectivity index (χ2n) is 3.77. The summed E-state index contributed by atoms with van der Waals surface area (Å²) in [5.41, 5.74) is 1.04. The fourth-order valence-corrected chi connectivity index (χ4v) is 1.75. The van der Waals surface area contributed by atoms with Crippen LogP contribution in [0.1, 0.15) is 12.1 Å². The van der Waals surface area contributed by atoms with Crippen molar-refractivity contribution in [2.24, 2.45) is 0 Å². The molecule has 2 aromatic rings. The number of hydrogen-bond donors (Lipinski definition) is 1. The van der Waals surface area contributed by atoms with Crippen molar-refractivity contribution >= 4 is 5.95 Å². The third-order valence-electron chi connectivity index (χ3n) is 2.47. The van der Waals surface area contributed by atoms with Gasteiger partial charge < -0.3 is 9.88 Å². The molecule has 2 heterocycles. The molecule has 0 unspecified atom stereocenters. The van der Waals surface area contributed by atoms with E-state index in [-0.39, 0.29) is 0 Å². The van der Waals surface area contributed by atoms with Gasteiger partial charge in [0.15, 0.2) is 0 Å². The lowest BCUT2D eigenvalue weighted by Crippen LogP contribution is -2.06. The molecule has 2 aromatic heterocycles. The normalized spacial score (nSPS) is 10.6. The fraction of sp³-hybridized carbons (Fsp3) is 0.455. The van der Waals surface area contributed by atoms with Gasteiger partial charge in [0.05, 0.1) is 5.69 Å². The van der Waals surface area contributed by atoms with Crippen LogP contribution in [0.4, 0.5) is 5.95 Å². The summed E-state index contributed by atoms with van der Waals surface area (Å²) >= 11 is 0. The number of anilines is 1. The monoisotopic (exact) mass is 219 g/mol. The molecule has 2 rings (SSSR count). The van der Waals surface area contributed by atoms with E-state index in [1.165, 1.54) is 0 Å². The van der Waals surface area contributed by atoms with Gasteiger partial charge in [0.25, 0.3) is 0 Å². The zero-order valence-corrected chi connectivity index (χ0v) is 9.72. The van der Waals surface area contributed by atoms with E-state index in [1.54, 1.807) is 6.20 Å². The number of hydrogen-bond acceptors (Lipinski definition) is 3. The van der Waals surface area contributed by atoms with E-state index < -0.39 is 0 Å². The minimum Gasteiger partial charge on any atom is -0.359 e. The van der Waals surface area contributed by atoms with E-state index >= 15 is 0 Å². The van der Waals surface area contributed by atoms with E-state index in [9.17, 15) is 0 Å². The van der Waals surface area contributed by atoms with Crippen molar-refractivity contribution in [3.8, 4) is 0 Å². The highest BCUT2D eigenvalue weighted by Crippen LogP contribution is 2.08. The molecule has 0 aliphatic rings. The van der Waals surface area contributed by atoms with Gasteiger partial charge in [0.1, 0.15) is 0 Å². The van der Waals surface area contributed by atoms with E-state index in [2.05, 4.69) is 26.2 Å². The lowest BCUT2D eigenvalue weighted by molar-refractivity contribution is 0.529. The summed E-state index contributed by atoms with van der Waals surface area (Å²) in [6, 6.07) is 1.94. The molecule has 0 fully saturated rings. The summed E-state index contributed by atoms with van der Waals surface area (Å²) in [6.07, 6.45) is 6.90. The van der Waals surface area contributed by atoms with E-state index in [1.807, 2.05) is 30.9 Å². The molecule has 0 radical (unpaired) electrons. The van der Waals surface area contributed by atoms with Crippen LogP contribution in [0.3, 0.4) is 0 Å². The Morgan fingerprint density at radius 1 is 1.38 bits per heavy atom. The Kier molecular flexibility index (Phi) is 3.24. The largest absolute Gasteiger partial charge is 0.359 e. The van der Waals surface area contributed by atoms with Gasteiger partial charge in [-0.05, 0) is 19.4 Å². The number of aryl methyl sites for hydroxylation is 3. The molecular weight excluding hydrogens is 202 g/mol. The van der Waals surface area contributed by atoms with Gasteiger partial charge in [-0.3, -0.25) is 4.68 Å². The van der Waals surface area contributed by atoms with Crippen molar-refractivity contribution in [3.63, 3.8) is 0 Å². The van der Waals surface area contributed by atoms with Crippen molar-refractivity contribution in [1.82, 2.24) is 19.3 Å². The number of aromatic nitrogens is 4. The molecule has 0 amide bonds. The number of rotatable bonds is 5. The smallest absolute Gasteiger partial charge is 0.202 e. The lowest BCUT2D eigenvalue weighted by atomic mass is 10.4. The number of nitrogens with one attached hydrogen (secondary N) is 1. The van der Waals surface area contributed by atoms with Crippen molar-refractivity contribution < 1.29 is 0 Å². The van der Waals surface area contributed by atoms with Gasteiger partial charge in [-0.25, -0.2) is 4.98 Å². The van der Waals surface area contributed by atoms with Crippen molar-refractivity contribution in [2.45, 2.75) is 26.4 Å². The summed E-state index contributed by atoms with van der Waals surface area (Å²) in [4.78, 5) is 4.37. The molecule has 86 valence electrons. The molecule has 0 saturated heterocycles. The van der Waals surface area contributed by atoms with Crippen LogP contribution < -0.4 is 5.32 Å². The average Bonchev–Trinajstić information content (AvgIpc) is 2.88. The maximum Gasteiger partial charge on any atom is 0.202 e. The van der Waals surface area contributed by atoms with Crippen LogP contribution in [0.5, 0.6) is 0 Å². The molecule has 0 atom stereocenters. The topological polar surface area (TPSA) is 47.7 Å². The third-order valence-corrected chi connectivity index (χ3v) is 2.47. The zero-order valence-electron chi connectivity index (χ0n) is 9.72. The second kappa shape index (κ2) is 4.83. The Labute approximate surface area is 95.1 Å². The van der Waals surface area contributed by atoms with Gasteiger partial charge in [0, 0.05) is 38.7 Å². The molecule has 0 bridgehead atoms. The van der Waals surface area contributed by atoms with Crippen molar-refractivity contribution in [2.75, 3.05) is 12.4 Å². The molecule has 0 spiro atoms. The van der Waals surface area contributed by atoms with Crippen LogP contribution >= 0.6 is 0 Å². The quantitative estimate of drug-likeness (QED) is 0.829. The Morgan fingerprint density at radius 2 is 2.25 bits per heavy atom. The Bertz CT molecular complexity index is 429. The van der Waals surface area contributed by atoms with Gasteiger partial charge in [-0.15, -0.1) is 0 Å². The van der Waals surface area contributed by atoms with Crippen LogP contribution in [0.15, 0.2) is 24.7 Å². The number of imidazole rings is 1. The highest BCUT2D eigenvalue weighted by Gasteiger charge is 2.02. The van der Waals surface area contributed by atoms with Gasteiger partial charge in [0.2, 0.25) is 5.95 Å². The number of nitrogens with zero attached hydrogens (tertiary/aromatic N) is 4. The van der Waals surface area contributed by atoms with Crippen molar-refractivity contribution in [3.05, 3.63) is 30.4 Å². The predicted molar refractivity (Wildman–Crippen MR) is 63.4 cm³/mol. The first-order chi connectivity index (χ1) is 7.79. The van der Waals surface area contributed by atoms with Gasteiger partial charge in [-0.2, -0.15) is 5.10 Å². The predicted octanol–water partition coefficient (Wildman–Crippen LogP) is 1.52. The molecular formula is C11H17N5. The maximum absolute atomic E-state index is 4.37. The lowest BCUT2D eigenvalue weighted by Gasteiger charge is -2.06. The minimum atomic E-state index is 0.929. The molecule has 1 N–H and O–H groups in total. The van der Waals surface area contributed by atoms with Crippen molar-refractivity contribution in [1.29, 1.82) is 0 Å². The highest BCUT2D eigenvalue weighted by atomic mass is 15.3. The molecule has 0 aliphatic carbocycles. The first-order valence-corrected chi connectivity index (χ1v) is 5.48. The second-order valence-corrected chi connectivity index (χ2v) is 3.77. The van der Waals surface area contributed by atoms with E-state index in [0.717, 1.165) is 31.2 Å². The zero-order chi connectivity index (χ0) is 11.4. The SMILES string of the molecule is CNc1nc(C)cn1CCCn1cccn1. The first kappa shape index (κ1) is 10.7. The highest BCUT2D eigenvalue weighted by molar-refractivity contribution is 5.27. The van der Waals surface area contributed by atoms with E-state index in [4.69, 9.17) is 0 Å². The molecule has 5 heteroatoms. The minimum absolute atomic E-state index is 0.929. The third kappa shape index (κ3) is 2.42. The molecule has 0 saturated carbocycles. The molecule has 5 nitrogen and oxygen atoms in total. The average molecular weight is 219 g/mol. The van der Waals surface area contributed by atoms with Gasteiger partial charge >= 0.3 is 0 Å². The molecule has 0 aromatic carbocycles. The molecule has 0 aliphatic heterocycles. The Balaban J connectivity index is 1.89. The fourth-order valence-electron chi connectivity index (χ4n) is 1.75. The van der Waals surface area contributed by atoms with Gasteiger partial charge in [-0.1, -0.05) is 0 Å². The summed E-state index contributed by atoms with van der Waals surface area (Å²) in [5, 5.41) is 7.26. The standard InChI is InChI=1S/C11H17N5/c1-10-9-15(11(12-2)14-10)6-4-8-16-7-3-5-13-16/h3,5,7,9H,4,6,8H2,1-2H3,(H,12,14). The molecule has 16 heavy (non-hydrogen) atoms. The van der Waals surface area contributed by atoms with Crippen LogP contribution in [0, 0.1) is 6.92 Å². The Hall–Kier alpha value is -1.78. The summed E-state index contributed by atoms with van der Waals surface area (Å²) in [7, 11) is 1.89. The summed E-state index contributed by atoms with van der Waals surface area (Å²) in [5.74, 6) is 0.929. The maximum atomic E-state index is 4.37. The van der Waals surface area contributed by atoms with Crippen LogP contribution in [0.2, 0.25) is 0 Å². The Morgan fingerprint density at radius 3 is 2.94 bits per heavy atom. The van der Waals surface area contributed by atoms with Crippen LogP contribution in [0.25, 0.3) is 0 Å².